The first-order chi connectivity index (χ1) is 13.8. The van der Waals surface area contributed by atoms with E-state index in [0.717, 1.165) is 19.3 Å². The zero-order chi connectivity index (χ0) is 21.3. The van der Waals surface area contributed by atoms with Crippen molar-refractivity contribution in [1.82, 2.24) is 0 Å². The Balaban J connectivity index is 2.16. The number of phenols is 3. The lowest BCUT2D eigenvalue weighted by atomic mass is 9.81. The summed E-state index contributed by atoms with van der Waals surface area (Å²) in [6.07, 6.45) is 2.64. The largest absolute Gasteiger partial charge is 0.507 e. The van der Waals surface area contributed by atoms with E-state index in [-0.39, 0.29) is 39.3 Å². The van der Waals surface area contributed by atoms with Crippen molar-refractivity contribution in [2.45, 2.75) is 38.7 Å². The highest BCUT2D eigenvalue weighted by atomic mass is 16.5. The Kier molecular flexibility index (Phi) is 5.79. The molecule has 1 atom stereocenters. The van der Waals surface area contributed by atoms with E-state index >= 15 is 0 Å². The van der Waals surface area contributed by atoms with Crippen LogP contribution in [-0.2, 0) is 4.74 Å². The number of hydrogen-bond donors (Lipinski definition) is 3. The zero-order valence-electron chi connectivity index (χ0n) is 16.6. The second-order valence-electron chi connectivity index (χ2n) is 7.03. The van der Waals surface area contributed by atoms with E-state index < -0.39 is 29.2 Å². The third-order valence-electron chi connectivity index (χ3n) is 5.26. The SMILES string of the molecule is CCCCC[C@H](OC)c1c(O)cc2c(c1O)C(=O)c1c(O)cc(OC)cc1C2=O. The highest BCUT2D eigenvalue weighted by molar-refractivity contribution is 6.30. The molecule has 0 amide bonds. The lowest BCUT2D eigenvalue weighted by Gasteiger charge is -2.24. The number of fused-ring (bicyclic) bond motifs is 2. The Labute approximate surface area is 168 Å². The molecule has 29 heavy (non-hydrogen) atoms. The van der Waals surface area contributed by atoms with Crippen molar-refractivity contribution in [3.05, 3.63) is 46.0 Å². The second-order valence-corrected chi connectivity index (χ2v) is 7.03. The van der Waals surface area contributed by atoms with E-state index in [2.05, 4.69) is 6.92 Å². The van der Waals surface area contributed by atoms with E-state index in [4.69, 9.17) is 9.47 Å². The van der Waals surface area contributed by atoms with Gasteiger partial charge in [0.2, 0.25) is 5.78 Å². The van der Waals surface area contributed by atoms with Gasteiger partial charge in [-0.05, 0) is 18.6 Å². The van der Waals surface area contributed by atoms with Crippen LogP contribution in [0.3, 0.4) is 0 Å². The summed E-state index contributed by atoms with van der Waals surface area (Å²) in [4.78, 5) is 26.1. The molecule has 1 aliphatic carbocycles. The Bertz CT molecular complexity index is 978. The summed E-state index contributed by atoms with van der Waals surface area (Å²) < 4.78 is 10.5. The van der Waals surface area contributed by atoms with Gasteiger partial charge in [-0.25, -0.2) is 0 Å². The van der Waals surface area contributed by atoms with Gasteiger partial charge in [-0.1, -0.05) is 26.2 Å². The van der Waals surface area contributed by atoms with Gasteiger partial charge in [0, 0.05) is 24.3 Å². The lowest BCUT2D eigenvalue weighted by Crippen LogP contribution is -2.22. The Morgan fingerprint density at radius 1 is 0.897 bits per heavy atom. The smallest absolute Gasteiger partial charge is 0.201 e. The summed E-state index contributed by atoms with van der Waals surface area (Å²) in [7, 11) is 2.83. The van der Waals surface area contributed by atoms with Gasteiger partial charge >= 0.3 is 0 Å². The lowest BCUT2D eigenvalue weighted by molar-refractivity contribution is 0.0877. The fourth-order valence-electron chi connectivity index (χ4n) is 3.76. The maximum absolute atomic E-state index is 13.1. The van der Waals surface area contributed by atoms with Gasteiger partial charge in [0.15, 0.2) is 5.78 Å². The molecule has 7 nitrogen and oxygen atoms in total. The number of benzene rings is 2. The van der Waals surface area contributed by atoms with Crippen LogP contribution in [0.2, 0.25) is 0 Å². The molecule has 0 spiro atoms. The van der Waals surface area contributed by atoms with Gasteiger partial charge in [-0.3, -0.25) is 9.59 Å². The average molecular weight is 400 g/mol. The van der Waals surface area contributed by atoms with Gasteiger partial charge in [0.1, 0.15) is 23.0 Å². The van der Waals surface area contributed by atoms with Crippen molar-refractivity contribution >= 4 is 11.6 Å². The molecular weight excluding hydrogens is 376 g/mol. The predicted molar refractivity (Wildman–Crippen MR) is 105 cm³/mol. The molecule has 154 valence electrons. The molecule has 3 N–H and O–H groups in total. The van der Waals surface area contributed by atoms with E-state index in [9.17, 15) is 24.9 Å². The monoisotopic (exact) mass is 400 g/mol. The molecule has 0 heterocycles. The quantitative estimate of drug-likeness (QED) is 0.516. The molecule has 2 aromatic rings. The van der Waals surface area contributed by atoms with Crippen molar-refractivity contribution < 1.29 is 34.4 Å². The number of rotatable bonds is 7. The van der Waals surface area contributed by atoms with Crippen LogP contribution >= 0.6 is 0 Å². The molecule has 0 saturated heterocycles. The van der Waals surface area contributed by atoms with E-state index in [1.165, 1.54) is 32.4 Å². The van der Waals surface area contributed by atoms with Crippen molar-refractivity contribution in [1.29, 1.82) is 0 Å². The Morgan fingerprint density at radius 2 is 1.59 bits per heavy atom. The fourth-order valence-corrected chi connectivity index (χ4v) is 3.76. The van der Waals surface area contributed by atoms with Crippen LogP contribution in [0.1, 0.15) is 76.1 Å². The molecule has 0 aromatic heterocycles. The third-order valence-corrected chi connectivity index (χ3v) is 5.26. The van der Waals surface area contributed by atoms with Crippen LogP contribution in [0.25, 0.3) is 0 Å². The van der Waals surface area contributed by atoms with Crippen molar-refractivity contribution in [2.24, 2.45) is 0 Å². The van der Waals surface area contributed by atoms with Crippen LogP contribution < -0.4 is 4.74 Å². The summed E-state index contributed by atoms with van der Waals surface area (Å²) in [6, 6.07) is 3.76. The molecule has 0 bridgehead atoms. The molecule has 0 unspecified atom stereocenters. The topological polar surface area (TPSA) is 113 Å². The van der Waals surface area contributed by atoms with Crippen molar-refractivity contribution in [3.63, 3.8) is 0 Å². The van der Waals surface area contributed by atoms with Gasteiger partial charge < -0.3 is 24.8 Å². The van der Waals surface area contributed by atoms with E-state index in [1.807, 2.05) is 0 Å². The minimum Gasteiger partial charge on any atom is -0.507 e. The minimum atomic E-state index is -0.697. The van der Waals surface area contributed by atoms with Crippen LogP contribution in [0, 0.1) is 0 Å². The molecule has 0 aliphatic heterocycles. The Morgan fingerprint density at radius 3 is 2.21 bits per heavy atom. The number of phenolic OH excluding ortho intramolecular Hbond substituents is 3. The first kappa shape index (κ1) is 20.7. The number of carbonyl (C=O) groups is 2. The molecule has 7 heteroatoms. The van der Waals surface area contributed by atoms with E-state index in [1.54, 1.807) is 0 Å². The molecule has 0 saturated carbocycles. The van der Waals surface area contributed by atoms with Crippen LogP contribution in [0.15, 0.2) is 18.2 Å². The molecule has 1 aliphatic rings. The van der Waals surface area contributed by atoms with Gasteiger partial charge in [0.05, 0.1) is 29.9 Å². The molecule has 0 radical (unpaired) electrons. The van der Waals surface area contributed by atoms with Gasteiger partial charge in [-0.2, -0.15) is 0 Å². The first-order valence-electron chi connectivity index (χ1n) is 9.47. The predicted octanol–water partition coefficient (Wildman–Crippen LogP) is 3.86. The Hall–Kier alpha value is -3.06. The minimum absolute atomic E-state index is 0.0443. The second kappa shape index (κ2) is 8.13. The zero-order valence-corrected chi connectivity index (χ0v) is 16.6. The average Bonchev–Trinajstić information content (AvgIpc) is 2.69. The van der Waals surface area contributed by atoms with Gasteiger partial charge in [0.25, 0.3) is 0 Å². The first-order valence-corrected chi connectivity index (χ1v) is 9.47. The summed E-state index contributed by atoms with van der Waals surface area (Å²) in [5, 5.41) is 31.7. The van der Waals surface area contributed by atoms with Crippen molar-refractivity contribution in [3.8, 4) is 23.0 Å². The van der Waals surface area contributed by atoms with E-state index in [0.29, 0.717) is 6.42 Å². The van der Waals surface area contributed by atoms with Crippen LogP contribution in [-0.4, -0.2) is 41.1 Å². The number of aromatic hydroxyl groups is 3. The maximum atomic E-state index is 13.1. The highest BCUT2D eigenvalue weighted by Crippen LogP contribution is 2.46. The summed E-state index contributed by atoms with van der Waals surface area (Å²) in [5.74, 6) is -2.31. The number of ether oxygens (including phenoxy) is 2. The highest BCUT2D eigenvalue weighted by Gasteiger charge is 2.38. The summed E-state index contributed by atoms with van der Waals surface area (Å²) in [5.41, 5.74) is -0.544. The normalized spacial score (nSPS) is 13.8. The number of hydrogen-bond acceptors (Lipinski definition) is 7. The van der Waals surface area contributed by atoms with Crippen molar-refractivity contribution in [2.75, 3.05) is 14.2 Å². The number of carbonyl (C=O) groups excluding carboxylic acids is 2. The summed E-state index contributed by atoms with van der Waals surface area (Å²) in [6.45, 7) is 2.05. The number of ketones is 2. The molecule has 0 fully saturated rings. The maximum Gasteiger partial charge on any atom is 0.201 e. The number of methoxy groups -OCH3 is 2. The van der Waals surface area contributed by atoms with Gasteiger partial charge in [-0.15, -0.1) is 0 Å². The third kappa shape index (κ3) is 3.42. The summed E-state index contributed by atoms with van der Waals surface area (Å²) >= 11 is 0. The van der Waals surface area contributed by atoms with Crippen LogP contribution in [0.4, 0.5) is 0 Å². The van der Waals surface area contributed by atoms with Crippen LogP contribution in [0.5, 0.6) is 23.0 Å². The molecule has 2 aromatic carbocycles. The molecular formula is C22H24O7. The number of unbranched alkanes of at least 4 members (excludes halogenated alkanes) is 2. The fraction of sp³-hybridized carbons (Fsp3) is 0.364. The standard InChI is InChI=1S/C22H24O7/c1-4-5-6-7-16(29-3)19-15(24)10-13-18(22(19)27)21(26)17-12(20(13)25)8-11(28-2)9-14(17)23/h8-10,16,23-24,27H,4-7H2,1-3H3/t16-/m0/s1. The molecule has 3 rings (SSSR count).